The van der Waals surface area contributed by atoms with Crippen molar-refractivity contribution in [2.24, 2.45) is 0 Å². The first kappa shape index (κ1) is 14.8. The number of hydrogen-bond acceptors (Lipinski definition) is 1. The first-order valence-electron chi connectivity index (χ1n) is 6.55. The van der Waals surface area contributed by atoms with E-state index in [9.17, 15) is 4.79 Å². The van der Waals surface area contributed by atoms with Gasteiger partial charge in [-0.3, -0.25) is 4.79 Å². The van der Waals surface area contributed by atoms with Gasteiger partial charge in [-0.1, -0.05) is 40.2 Å². The van der Waals surface area contributed by atoms with E-state index < -0.39 is 0 Å². The molecule has 0 bridgehead atoms. The number of benzene rings is 2. The van der Waals surface area contributed by atoms with Gasteiger partial charge in [-0.15, -0.1) is 0 Å². The topological polar surface area (TPSA) is 29.1 Å². The summed E-state index contributed by atoms with van der Waals surface area (Å²) in [6.07, 6.45) is 0. The molecule has 0 saturated heterocycles. The quantitative estimate of drug-likeness (QED) is 0.830. The summed E-state index contributed by atoms with van der Waals surface area (Å²) in [4.78, 5) is 12.5. The Kier molecular flexibility index (Phi) is 4.29. The Morgan fingerprint density at radius 2 is 1.55 bits per heavy atom. The Labute approximate surface area is 128 Å². The molecule has 0 aliphatic heterocycles. The Bertz CT molecular complexity index is 657. The van der Waals surface area contributed by atoms with Crippen molar-refractivity contribution in [3.8, 4) is 0 Å². The fraction of sp³-hybridized carbons (Fsp3) is 0.235. The van der Waals surface area contributed by atoms with Crippen molar-refractivity contribution in [2.75, 3.05) is 5.32 Å². The third kappa shape index (κ3) is 2.78. The number of nitrogens with one attached hydrogen (secondary N) is 1. The minimum Gasteiger partial charge on any atom is -0.321 e. The van der Waals surface area contributed by atoms with Crippen LogP contribution in [0.2, 0.25) is 0 Å². The molecule has 3 heteroatoms. The fourth-order valence-electron chi connectivity index (χ4n) is 2.36. The first-order valence-corrected chi connectivity index (χ1v) is 7.34. The molecule has 2 aromatic rings. The third-order valence-corrected chi connectivity index (χ3v) is 4.41. The van der Waals surface area contributed by atoms with Crippen molar-refractivity contribution in [3.63, 3.8) is 0 Å². The van der Waals surface area contributed by atoms with Crippen LogP contribution in [0, 0.1) is 27.7 Å². The Hall–Kier alpha value is -1.61. The van der Waals surface area contributed by atoms with Crippen LogP contribution in [0.1, 0.15) is 32.6 Å². The molecule has 0 aromatic heterocycles. The standard InChI is InChI=1S/C17H18BrNO/c1-10-6-5-7-11(2)15(10)17(20)19-16-12(3)8-9-14(18)13(16)4/h5-9H,1-4H3,(H,19,20). The number of carbonyl (C=O) groups is 1. The van der Waals surface area contributed by atoms with E-state index in [1.54, 1.807) is 0 Å². The number of hydrogen-bond donors (Lipinski definition) is 1. The van der Waals surface area contributed by atoms with Gasteiger partial charge in [0, 0.05) is 15.7 Å². The number of halogens is 1. The van der Waals surface area contributed by atoms with Crippen LogP contribution in [0.3, 0.4) is 0 Å². The van der Waals surface area contributed by atoms with E-state index in [0.717, 1.165) is 38.0 Å². The number of rotatable bonds is 2. The number of aryl methyl sites for hydroxylation is 3. The molecule has 0 atom stereocenters. The molecule has 0 fully saturated rings. The molecular formula is C17H18BrNO. The van der Waals surface area contributed by atoms with Crippen LogP contribution in [0.4, 0.5) is 5.69 Å². The maximum absolute atomic E-state index is 12.5. The monoisotopic (exact) mass is 331 g/mol. The van der Waals surface area contributed by atoms with E-state index in [0.29, 0.717) is 0 Å². The zero-order chi connectivity index (χ0) is 14.9. The Morgan fingerprint density at radius 1 is 0.950 bits per heavy atom. The number of anilines is 1. The Morgan fingerprint density at radius 3 is 2.15 bits per heavy atom. The molecule has 0 radical (unpaired) electrons. The lowest BCUT2D eigenvalue weighted by Gasteiger charge is -2.15. The van der Waals surface area contributed by atoms with E-state index in [4.69, 9.17) is 0 Å². The molecule has 2 nitrogen and oxygen atoms in total. The van der Waals surface area contributed by atoms with E-state index >= 15 is 0 Å². The maximum atomic E-state index is 12.5. The predicted molar refractivity (Wildman–Crippen MR) is 87.5 cm³/mol. The Balaban J connectivity index is 2.41. The second-order valence-electron chi connectivity index (χ2n) is 5.09. The lowest BCUT2D eigenvalue weighted by Crippen LogP contribution is -2.16. The van der Waals surface area contributed by atoms with Crippen LogP contribution in [-0.4, -0.2) is 5.91 Å². The van der Waals surface area contributed by atoms with Crippen molar-refractivity contribution < 1.29 is 4.79 Å². The molecule has 0 spiro atoms. The van der Waals surface area contributed by atoms with Gasteiger partial charge in [-0.05, 0) is 56.0 Å². The molecule has 0 unspecified atom stereocenters. The molecule has 0 aliphatic rings. The van der Waals surface area contributed by atoms with E-state index in [1.165, 1.54) is 0 Å². The number of amides is 1. The van der Waals surface area contributed by atoms with Gasteiger partial charge in [0.15, 0.2) is 0 Å². The van der Waals surface area contributed by atoms with Gasteiger partial charge in [0.2, 0.25) is 0 Å². The van der Waals surface area contributed by atoms with Crippen molar-refractivity contribution >= 4 is 27.5 Å². The summed E-state index contributed by atoms with van der Waals surface area (Å²) in [5, 5.41) is 3.05. The summed E-state index contributed by atoms with van der Waals surface area (Å²) in [7, 11) is 0. The average Bonchev–Trinajstić information content (AvgIpc) is 2.39. The smallest absolute Gasteiger partial charge is 0.256 e. The number of carbonyl (C=O) groups excluding carboxylic acids is 1. The minimum absolute atomic E-state index is 0.0510. The van der Waals surface area contributed by atoms with Crippen molar-refractivity contribution in [1.82, 2.24) is 0 Å². The maximum Gasteiger partial charge on any atom is 0.256 e. The van der Waals surface area contributed by atoms with Gasteiger partial charge in [-0.25, -0.2) is 0 Å². The van der Waals surface area contributed by atoms with Crippen LogP contribution >= 0.6 is 15.9 Å². The molecule has 20 heavy (non-hydrogen) atoms. The molecule has 0 saturated carbocycles. The molecule has 1 N–H and O–H groups in total. The average molecular weight is 332 g/mol. The van der Waals surface area contributed by atoms with Crippen LogP contribution < -0.4 is 5.32 Å². The minimum atomic E-state index is -0.0510. The van der Waals surface area contributed by atoms with Crippen molar-refractivity contribution in [2.45, 2.75) is 27.7 Å². The molecule has 104 valence electrons. The molecule has 0 aliphatic carbocycles. The van der Waals surface area contributed by atoms with Crippen LogP contribution in [-0.2, 0) is 0 Å². The van der Waals surface area contributed by atoms with Gasteiger partial charge < -0.3 is 5.32 Å². The normalized spacial score (nSPS) is 10.4. The zero-order valence-electron chi connectivity index (χ0n) is 12.2. The van der Waals surface area contributed by atoms with Gasteiger partial charge in [0.1, 0.15) is 0 Å². The summed E-state index contributed by atoms with van der Waals surface area (Å²) < 4.78 is 1.000. The highest BCUT2D eigenvalue weighted by Crippen LogP contribution is 2.28. The van der Waals surface area contributed by atoms with Crippen LogP contribution in [0.5, 0.6) is 0 Å². The second-order valence-corrected chi connectivity index (χ2v) is 5.94. The molecular weight excluding hydrogens is 314 g/mol. The fourth-order valence-corrected chi connectivity index (χ4v) is 2.69. The first-order chi connectivity index (χ1) is 9.41. The summed E-state index contributed by atoms with van der Waals surface area (Å²) >= 11 is 3.50. The van der Waals surface area contributed by atoms with Crippen molar-refractivity contribution in [1.29, 1.82) is 0 Å². The zero-order valence-corrected chi connectivity index (χ0v) is 13.8. The van der Waals surface area contributed by atoms with Crippen LogP contribution in [0.15, 0.2) is 34.8 Å². The third-order valence-electron chi connectivity index (χ3n) is 3.55. The van der Waals surface area contributed by atoms with Gasteiger partial charge in [0.25, 0.3) is 5.91 Å². The summed E-state index contributed by atoms with van der Waals surface area (Å²) in [5.74, 6) is -0.0510. The largest absolute Gasteiger partial charge is 0.321 e. The van der Waals surface area contributed by atoms with Crippen LogP contribution in [0.25, 0.3) is 0 Å². The summed E-state index contributed by atoms with van der Waals surface area (Å²) in [6.45, 7) is 7.92. The predicted octanol–water partition coefficient (Wildman–Crippen LogP) is 4.94. The molecule has 1 amide bonds. The van der Waals surface area contributed by atoms with E-state index in [-0.39, 0.29) is 5.91 Å². The van der Waals surface area contributed by atoms with Crippen molar-refractivity contribution in [3.05, 3.63) is 62.6 Å². The lowest BCUT2D eigenvalue weighted by molar-refractivity contribution is 0.102. The highest BCUT2D eigenvalue weighted by atomic mass is 79.9. The molecule has 0 heterocycles. The highest BCUT2D eigenvalue weighted by Gasteiger charge is 2.15. The highest BCUT2D eigenvalue weighted by molar-refractivity contribution is 9.10. The SMILES string of the molecule is Cc1ccc(Br)c(C)c1NC(=O)c1c(C)cccc1C. The van der Waals surface area contributed by atoms with Gasteiger partial charge >= 0.3 is 0 Å². The molecule has 2 aromatic carbocycles. The second kappa shape index (κ2) is 5.80. The van der Waals surface area contributed by atoms with Gasteiger partial charge in [-0.2, -0.15) is 0 Å². The van der Waals surface area contributed by atoms with Gasteiger partial charge in [0.05, 0.1) is 0 Å². The van der Waals surface area contributed by atoms with E-state index in [1.807, 2.05) is 58.0 Å². The lowest BCUT2D eigenvalue weighted by atomic mass is 10.0. The summed E-state index contributed by atoms with van der Waals surface area (Å²) in [6, 6.07) is 9.89. The summed E-state index contributed by atoms with van der Waals surface area (Å²) in [5.41, 5.74) is 5.73. The van der Waals surface area contributed by atoms with E-state index in [2.05, 4.69) is 21.2 Å². The molecule has 2 rings (SSSR count).